The number of rotatable bonds is 10. The summed E-state index contributed by atoms with van der Waals surface area (Å²) in [5.74, 6) is 1.32. The highest BCUT2D eigenvalue weighted by molar-refractivity contribution is 5.92. The number of hydrogen-bond acceptors (Lipinski definition) is 5. The number of amides is 1. The maximum atomic E-state index is 12.1. The van der Waals surface area contributed by atoms with Crippen LogP contribution in [0.3, 0.4) is 0 Å². The first-order chi connectivity index (χ1) is 12.2. The minimum Gasteiger partial charge on any atom is -0.497 e. The number of nitrogens with one attached hydrogen (secondary N) is 2. The quantitative estimate of drug-likeness (QED) is 0.649. The largest absolute Gasteiger partial charge is 0.497 e. The molecule has 6 nitrogen and oxygen atoms in total. The van der Waals surface area contributed by atoms with Crippen LogP contribution in [0.1, 0.15) is 42.2 Å². The number of carbonyl (C=O) groups is 1. The summed E-state index contributed by atoms with van der Waals surface area (Å²) >= 11 is 0. The average Bonchev–Trinajstić information content (AvgIpc) is 2.66. The van der Waals surface area contributed by atoms with E-state index >= 15 is 0 Å². The molecule has 6 heteroatoms. The number of aromatic nitrogens is 2. The van der Waals surface area contributed by atoms with E-state index in [1.54, 1.807) is 19.2 Å². The van der Waals surface area contributed by atoms with E-state index in [1.807, 2.05) is 24.3 Å². The molecule has 0 saturated heterocycles. The Balaban J connectivity index is 1.74. The fraction of sp³-hybridized carbons (Fsp3) is 0.421. The molecule has 0 saturated carbocycles. The Hall–Kier alpha value is -2.63. The van der Waals surface area contributed by atoms with Crippen molar-refractivity contribution in [3.8, 4) is 5.75 Å². The molecule has 1 heterocycles. The van der Waals surface area contributed by atoms with E-state index in [1.165, 1.54) is 12.8 Å². The first-order valence-corrected chi connectivity index (χ1v) is 8.71. The first-order valence-electron chi connectivity index (χ1n) is 8.71. The molecule has 1 amide bonds. The summed E-state index contributed by atoms with van der Waals surface area (Å²) in [6.07, 6.45) is 4.23. The Bertz CT molecular complexity index is 641. The zero-order valence-electron chi connectivity index (χ0n) is 14.9. The molecule has 2 rings (SSSR count). The van der Waals surface area contributed by atoms with Gasteiger partial charge in [0.1, 0.15) is 11.6 Å². The summed E-state index contributed by atoms with van der Waals surface area (Å²) in [5.41, 5.74) is 1.47. The molecular weight excluding hydrogens is 316 g/mol. The number of methoxy groups -OCH3 is 1. The van der Waals surface area contributed by atoms with Crippen molar-refractivity contribution in [2.75, 3.05) is 25.5 Å². The smallest absolute Gasteiger partial charge is 0.271 e. The van der Waals surface area contributed by atoms with Crippen molar-refractivity contribution in [3.05, 3.63) is 47.7 Å². The van der Waals surface area contributed by atoms with Gasteiger partial charge < -0.3 is 15.4 Å². The second-order valence-corrected chi connectivity index (χ2v) is 5.79. The van der Waals surface area contributed by atoms with Crippen LogP contribution < -0.4 is 15.4 Å². The maximum absolute atomic E-state index is 12.1. The Labute approximate surface area is 149 Å². The molecule has 0 atom stereocenters. The predicted molar refractivity (Wildman–Crippen MR) is 99.1 cm³/mol. The van der Waals surface area contributed by atoms with Crippen molar-refractivity contribution in [1.29, 1.82) is 0 Å². The SMILES string of the molecule is CCCCCNc1ccc(C(=O)NCCc2ccc(OC)cc2)nn1. The Morgan fingerprint density at radius 3 is 2.48 bits per heavy atom. The fourth-order valence-corrected chi connectivity index (χ4v) is 2.34. The molecule has 1 aromatic carbocycles. The second kappa shape index (κ2) is 10.3. The third-order valence-electron chi connectivity index (χ3n) is 3.84. The number of unbranched alkanes of at least 4 members (excludes halogenated alkanes) is 2. The normalized spacial score (nSPS) is 10.3. The highest BCUT2D eigenvalue weighted by Crippen LogP contribution is 2.11. The van der Waals surface area contributed by atoms with Crippen molar-refractivity contribution in [2.24, 2.45) is 0 Å². The van der Waals surface area contributed by atoms with E-state index in [0.29, 0.717) is 18.1 Å². The van der Waals surface area contributed by atoms with Crippen LogP contribution in [0.2, 0.25) is 0 Å². The molecule has 0 spiro atoms. The number of nitrogens with zero attached hydrogens (tertiary/aromatic N) is 2. The molecule has 0 aliphatic heterocycles. The molecule has 0 fully saturated rings. The van der Waals surface area contributed by atoms with Gasteiger partial charge in [-0.15, -0.1) is 10.2 Å². The van der Waals surface area contributed by atoms with Gasteiger partial charge in [0.25, 0.3) is 5.91 Å². The van der Waals surface area contributed by atoms with E-state index in [4.69, 9.17) is 4.74 Å². The third kappa shape index (κ3) is 6.41. The standard InChI is InChI=1S/C19H26N4O2/c1-3-4-5-13-20-18-11-10-17(22-23-18)19(24)21-14-12-15-6-8-16(25-2)9-7-15/h6-11H,3-5,12-14H2,1-2H3,(H,20,23)(H,21,24). The summed E-state index contributed by atoms with van der Waals surface area (Å²) < 4.78 is 5.13. The van der Waals surface area contributed by atoms with Crippen LogP contribution in [-0.4, -0.2) is 36.3 Å². The lowest BCUT2D eigenvalue weighted by atomic mass is 10.1. The Kier molecular flexibility index (Phi) is 7.69. The van der Waals surface area contributed by atoms with Crippen molar-refractivity contribution < 1.29 is 9.53 Å². The highest BCUT2D eigenvalue weighted by atomic mass is 16.5. The minimum absolute atomic E-state index is 0.210. The number of benzene rings is 1. The summed E-state index contributed by atoms with van der Waals surface area (Å²) in [4.78, 5) is 12.1. The van der Waals surface area contributed by atoms with Crippen molar-refractivity contribution in [3.63, 3.8) is 0 Å². The summed E-state index contributed by atoms with van der Waals surface area (Å²) in [6, 6.07) is 11.3. The van der Waals surface area contributed by atoms with Crippen LogP contribution in [0.5, 0.6) is 5.75 Å². The van der Waals surface area contributed by atoms with Gasteiger partial charge in [0, 0.05) is 13.1 Å². The van der Waals surface area contributed by atoms with Crippen LogP contribution in [0.15, 0.2) is 36.4 Å². The molecule has 1 aromatic heterocycles. The Morgan fingerprint density at radius 2 is 1.84 bits per heavy atom. The second-order valence-electron chi connectivity index (χ2n) is 5.79. The molecular formula is C19H26N4O2. The number of hydrogen-bond donors (Lipinski definition) is 2. The zero-order valence-corrected chi connectivity index (χ0v) is 14.9. The number of ether oxygens (including phenoxy) is 1. The summed E-state index contributed by atoms with van der Waals surface area (Å²) in [6.45, 7) is 3.58. The van der Waals surface area contributed by atoms with E-state index in [9.17, 15) is 4.79 Å². The van der Waals surface area contributed by atoms with Crippen molar-refractivity contribution >= 4 is 11.7 Å². The highest BCUT2D eigenvalue weighted by Gasteiger charge is 2.07. The molecule has 2 aromatic rings. The van der Waals surface area contributed by atoms with Crippen LogP contribution in [0.25, 0.3) is 0 Å². The minimum atomic E-state index is -0.210. The summed E-state index contributed by atoms with van der Waals surface area (Å²) in [7, 11) is 1.64. The van der Waals surface area contributed by atoms with Gasteiger partial charge in [0.05, 0.1) is 7.11 Å². The molecule has 0 bridgehead atoms. The van der Waals surface area contributed by atoms with Gasteiger partial charge in [-0.05, 0) is 42.7 Å². The fourth-order valence-electron chi connectivity index (χ4n) is 2.34. The zero-order chi connectivity index (χ0) is 17.9. The lowest BCUT2D eigenvalue weighted by Crippen LogP contribution is -2.26. The van der Waals surface area contributed by atoms with Crippen molar-refractivity contribution in [2.45, 2.75) is 32.6 Å². The molecule has 0 aliphatic rings. The van der Waals surface area contributed by atoms with E-state index < -0.39 is 0 Å². The Morgan fingerprint density at radius 1 is 1.04 bits per heavy atom. The summed E-state index contributed by atoms with van der Waals surface area (Å²) in [5, 5.41) is 14.1. The van der Waals surface area contributed by atoms with Crippen molar-refractivity contribution in [1.82, 2.24) is 15.5 Å². The lowest BCUT2D eigenvalue weighted by molar-refractivity contribution is 0.0948. The molecule has 0 aliphatic carbocycles. The van der Waals surface area contributed by atoms with Gasteiger partial charge in [-0.25, -0.2) is 0 Å². The predicted octanol–water partition coefficient (Wildman–Crippen LogP) is 3.06. The lowest BCUT2D eigenvalue weighted by Gasteiger charge is -2.07. The van der Waals surface area contributed by atoms with Crippen LogP contribution >= 0.6 is 0 Å². The number of anilines is 1. The van der Waals surface area contributed by atoms with Gasteiger partial charge in [-0.2, -0.15) is 0 Å². The molecule has 2 N–H and O–H groups in total. The molecule has 25 heavy (non-hydrogen) atoms. The van der Waals surface area contributed by atoms with Crippen LogP contribution in [-0.2, 0) is 6.42 Å². The van der Waals surface area contributed by atoms with Gasteiger partial charge in [0.2, 0.25) is 0 Å². The van der Waals surface area contributed by atoms with Crippen LogP contribution in [0, 0.1) is 0 Å². The van der Waals surface area contributed by atoms with Gasteiger partial charge in [-0.3, -0.25) is 4.79 Å². The van der Waals surface area contributed by atoms with E-state index in [2.05, 4.69) is 27.8 Å². The third-order valence-corrected chi connectivity index (χ3v) is 3.84. The monoisotopic (exact) mass is 342 g/mol. The van der Waals surface area contributed by atoms with Gasteiger partial charge in [0.15, 0.2) is 5.69 Å². The first kappa shape index (κ1) is 18.7. The van der Waals surface area contributed by atoms with Gasteiger partial charge in [-0.1, -0.05) is 31.9 Å². The molecule has 0 radical (unpaired) electrons. The number of carbonyl (C=O) groups excluding carboxylic acids is 1. The van der Waals surface area contributed by atoms with Crippen LogP contribution in [0.4, 0.5) is 5.82 Å². The molecule has 134 valence electrons. The van der Waals surface area contributed by atoms with E-state index in [-0.39, 0.29) is 5.91 Å². The topological polar surface area (TPSA) is 76.1 Å². The average molecular weight is 342 g/mol. The van der Waals surface area contributed by atoms with E-state index in [0.717, 1.165) is 30.7 Å². The van der Waals surface area contributed by atoms with Gasteiger partial charge >= 0.3 is 0 Å². The maximum Gasteiger partial charge on any atom is 0.271 e. The molecule has 0 unspecified atom stereocenters.